The second-order valence-electron chi connectivity index (χ2n) is 5.28. The second-order valence-corrected chi connectivity index (χ2v) is 6.20. The molecule has 0 fully saturated rings. The summed E-state index contributed by atoms with van der Waals surface area (Å²) in [6.45, 7) is 0. The molecule has 2 aromatic carbocycles. The van der Waals surface area contributed by atoms with Crippen molar-refractivity contribution >= 4 is 54.5 Å². The van der Waals surface area contributed by atoms with Crippen molar-refractivity contribution in [2.24, 2.45) is 7.05 Å². The monoisotopic (exact) mass is 356 g/mol. The number of hydrogen-bond acceptors (Lipinski definition) is 2. The van der Waals surface area contributed by atoms with E-state index in [-0.39, 0.29) is 10.6 Å². The summed E-state index contributed by atoms with van der Waals surface area (Å²) in [4.78, 5) is 14.0. The van der Waals surface area contributed by atoms with E-state index >= 15 is 0 Å². The van der Waals surface area contributed by atoms with Crippen LogP contribution in [-0.2, 0) is 7.05 Å². The molecule has 2 aromatic heterocycles. The Bertz CT molecular complexity index is 1090. The molecule has 2 heterocycles. The van der Waals surface area contributed by atoms with E-state index in [1.165, 1.54) is 6.07 Å². The number of nitrogens with zero attached hydrogens (tertiary/aromatic N) is 2. The standard InChI is InChI=1S/C16H10BrN3O2/c1-19-15-5-2-10(17)6-9(15)7-14-16(19)12-8-11(20(21)22)3-4-13(12)18-14/h2-8H,1H3/p+1. The highest BCUT2D eigenvalue weighted by molar-refractivity contribution is 9.10. The number of rotatable bonds is 1. The van der Waals surface area contributed by atoms with Crippen molar-refractivity contribution in [3.63, 3.8) is 0 Å². The van der Waals surface area contributed by atoms with Crippen molar-refractivity contribution in [1.29, 1.82) is 0 Å². The first-order valence-corrected chi connectivity index (χ1v) is 7.52. The molecule has 0 bridgehead atoms. The van der Waals surface area contributed by atoms with E-state index in [1.54, 1.807) is 12.1 Å². The van der Waals surface area contributed by atoms with Gasteiger partial charge in [0.25, 0.3) is 5.69 Å². The summed E-state index contributed by atoms with van der Waals surface area (Å²) in [5, 5.41) is 13.0. The first-order valence-electron chi connectivity index (χ1n) is 6.73. The van der Waals surface area contributed by atoms with Crippen molar-refractivity contribution in [2.45, 2.75) is 0 Å². The Hall–Kier alpha value is -2.47. The van der Waals surface area contributed by atoms with Crippen LogP contribution in [0, 0.1) is 10.1 Å². The van der Waals surface area contributed by atoms with Gasteiger partial charge >= 0.3 is 0 Å². The quantitative estimate of drug-likeness (QED) is 0.318. The van der Waals surface area contributed by atoms with Crippen LogP contribution in [0.1, 0.15) is 0 Å². The molecule has 108 valence electrons. The molecule has 0 radical (unpaired) electrons. The summed E-state index contributed by atoms with van der Waals surface area (Å²) in [5.41, 5.74) is 4.00. The maximum Gasteiger partial charge on any atom is 0.270 e. The number of fused-ring (bicyclic) bond motifs is 4. The van der Waals surface area contributed by atoms with Crippen molar-refractivity contribution in [2.75, 3.05) is 0 Å². The van der Waals surface area contributed by atoms with E-state index in [0.29, 0.717) is 0 Å². The van der Waals surface area contributed by atoms with Crippen LogP contribution in [0.5, 0.6) is 0 Å². The lowest BCUT2D eigenvalue weighted by molar-refractivity contribution is -0.616. The van der Waals surface area contributed by atoms with Gasteiger partial charge in [0.2, 0.25) is 11.0 Å². The number of nitrogens with one attached hydrogen (secondary N) is 1. The minimum Gasteiger partial charge on any atom is -0.349 e. The SMILES string of the molecule is C[n+]1c2ccc(Br)cc2cc2[nH]c3ccc([N+](=O)[O-])cc3c21. The summed E-state index contributed by atoms with van der Waals surface area (Å²) in [7, 11) is 1.98. The first-order chi connectivity index (χ1) is 10.5. The van der Waals surface area contributed by atoms with Gasteiger partial charge in [-0.15, -0.1) is 0 Å². The first kappa shape index (κ1) is 13.2. The second kappa shape index (κ2) is 4.51. The molecule has 4 aromatic rings. The zero-order chi connectivity index (χ0) is 15.4. The molecular weight excluding hydrogens is 346 g/mol. The number of aryl methyl sites for hydroxylation is 1. The summed E-state index contributed by atoms with van der Waals surface area (Å²) < 4.78 is 3.09. The number of H-pyrrole nitrogens is 1. The average Bonchev–Trinajstić information content (AvgIpc) is 2.84. The number of aromatic nitrogens is 2. The van der Waals surface area contributed by atoms with Crippen LogP contribution in [-0.4, -0.2) is 9.91 Å². The highest BCUT2D eigenvalue weighted by atomic mass is 79.9. The molecule has 22 heavy (non-hydrogen) atoms. The fourth-order valence-corrected chi connectivity index (χ4v) is 3.37. The average molecular weight is 357 g/mol. The topological polar surface area (TPSA) is 62.8 Å². The maximum atomic E-state index is 11.0. The van der Waals surface area contributed by atoms with Crippen LogP contribution in [0.15, 0.2) is 46.9 Å². The van der Waals surface area contributed by atoms with E-state index < -0.39 is 0 Å². The summed E-state index contributed by atoms with van der Waals surface area (Å²) in [6, 6.07) is 13.1. The molecule has 4 rings (SSSR count). The molecule has 0 unspecified atom stereocenters. The lowest BCUT2D eigenvalue weighted by Gasteiger charge is -1.99. The minimum absolute atomic E-state index is 0.101. The molecule has 5 nitrogen and oxygen atoms in total. The van der Waals surface area contributed by atoms with Crippen molar-refractivity contribution in [1.82, 2.24) is 4.98 Å². The predicted molar refractivity (Wildman–Crippen MR) is 88.8 cm³/mol. The normalized spacial score (nSPS) is 11.5. The Morgan fingerprint density at radius 3 is 2.73 bits per heavy atom. The third kappa shape index (κ3) is 1.80. The van der Waals surface area contributed by atoms with Gasteiger partial charge in [0, 0.05) is 28.1 Å². The Morgan fingerprint density at radius 2 is 1.95 bits per heavy atom. The molecule has 0 amide bonds. The van der Waals surface area contributed by atoms with Crippen LogP contribution >= 0.6 is 15.9 Å². The molecule has 0 aliphatic heterocycles. The van der Waals surface area contributed by atoms with E-state index in [1.807, 2.05) is 19.2 Å². The molecular formula is C16H11BrN3O2+. The van der Waals surface area contributed by atoms with Gasteiger partial charge < -0.3 is 4.98 Å². The highest BCUT2D eigenvalue weighted by Crippen LogP contribution is 2.29. The zero-order valence-electron chi connectivity index (χ0n) is 11.6. The number of halogens is 1. The van der Waals surface area contributed by atoms with Crippen molar-refractivity contribution < 1.29 is 9.49 Å². The Kier molecular flexibility index (Phi) is 2.71. The molecule has 6 heteroatoms. The number of nitro benzene ring substituents is 1. The number of aromatic amines is 1. The largest absolute Gasteiger partial charge is 0.349 e. The lowest BCUT2D eigenvalue weighted by Crippen LogP contribution is -2.29. The summed E-state index contributed by atoms with van der Waals surface area (Å²) >= 11 is 3.49. The van der Waals surface area contributed by atoms with Gasteiger partial charge in [-0.05, 0) is 24.3 Å². The Morgan fingerprint density at radius 1 is 1.14 bits per heavy atom. The van der Waals surface area contributed by atoms with Crippen molar-refractivity contribution in [3.8, 4) is 0 Å². The molecule has 0 saturated carbocycles. The Balaban J connectivity index is 2.19. The minimum atomic E-state index is -0.365. The molecule has 0 aliphatic rings. The number of pyridine rings is 1. The number of hydrogen-bond donors (Lipinski definition) is 1. The van der Waals surface area contributed by atoms with Gasteiger partial charge in [-0.2, -0.15) is 4.57 Å². The Labute approximate surface area is 133 Å². The zero-order valence-corrected chi connectivity index (χ0v) is 13.2. The van der Waals surface area contributed by atoms with E-state index in [4.69, 9.17) is 0 Å². The molecule has 0 aliphatic carbocycles. The summed E-state index contributed by atoms with van der Waals surface area (Å²) in [6.07, 6.45) is 0. The smallest absolute Gasteiger partial charge is 0.270 e. The van der Waals surface area contributed by atoms with Crippen LogP contribution in [0.25, 0.3) is 32.8 Å². The predicted octanol–water partition coefficient (Wildman–Crippen LogP) is 3.97. The van der Waals surface area contributed by atoms with Crippen LogP contribution < -0.4 is 4.57 Å². The third-order valence-corrected chi connectivity index (χ3v) is 4.47. The van der Waals surface area contributed by atoms with Crippen LogP contribution in [0.3, 0.4) is 0 Å². The number of benzene rings is 2. The van der Waals surface area contributed by atoms with Gasteiger partial charge in [-0.25, -0.2) is 0 Å². The third-order valence-electron chi connectivity index (χ3n) is 3.98. The van der Waals surface area contributed by atoms with Gasteiger partial charge in [-0.1, -0.05) is 15.9 Å². The maximum absolute atomic E-state index is 11.0. The fourth-order valence-electron chi connectivity index (χ4n) is 2.99. The van der Waals surface area contributed by atoms with Gasteiger partial charge in [0.1, 0.15) is 12.6 Å². The van der Waals surface area contributed by atoms with Crippen molar-refractivity contribution in [3.05, 3.63) is 57.1 Å². The van der Waals surface area contributed by atoms with Gasteiger partial charge in [0.15, 0.2) is 0 Å². The number of nitro groups is 1. The molecule has 0 saturated heterocycles. The number of non-ortho nitro benzene ring substituents is 1. The lowest BCUT2D eigenvalue weighted by atomic mass is 10.1. The van der Waals surface area contributed by atoms with Gasteiger partial charge in [0.05, 0.1) is 15.8 Å². The fraction of sp³-hybridized carbons (Fsp3) is 0.0625. The highest BCUT2D eigenvalue weighted by Gasteiger charge is 2.19. The van der Waals surface area contributed by atoms with E-state index in [0.717, 1.165) is 37.3 Å². The summed E-state index contributed by atoms with van der Waals surface area (Å²) in [5.74, 6) is 0. The molecule has 0 spiro atoms. The molecule has 0 atom stereocenters. The van der Waals surface area contributed by atoms with Crippen LogP contribution in [0.4, 0.5) is 5.69 Å². The van der Waals surface area contributed by atoms with Crippen LogP contribution in [0.2, 0.25) is 0 Å². The molecule has 1 N–H and O–H groups in total. The van der Waals surface area contributed by atoms with E-state index in [9.17, 15) is 10.1 Å². The van der Waals surface area contributed by atoms with E-state index in [2.05, 4.69) is 37.6 Å². The van der Waals surface area contributed by atoms with Gasteiger partial charge in [-0.3, -0.25) is 10.1 Å².